The quantitative estimate of drug-likeness (QED) is 0.239. The minimum atomic E-state index is -2.29. The van der Waals surface area contributed by atoms with Gasteiger partial charge in [-0.1, -0.05) is 11.2 Å². The molecule has 1 aromatic rings. The Labute approximate surface area is 124 Å². The Hall–Kier alpha value is -1.61. The van der Waals surface area contributed by atoms with Crippen LogP contribution in [0.2, 0.25) is 0 Å². The Morgan fingerprint density at radius 2 is 2.29 bits per heavy atom. The van der Waals surface area contributed by atoms with Gasteiger partial charge in [-0.2, -0.15) is 4.20 Å². The summed E-state index contributed by atoms with van der Waals surface area (Å²) in [6.45, 7) is 0.406. The number of benzene rings is 1. The van der Waals surface area contributed by atoms with E-state index in [2.05, 4.69) is 14.5 Å². The van der Waals surface area contributed by atoms with Crippen LogP contribution in [-0.4, -0.2) is 26.2 Å². The largest absolute Gasteiger partial charge is 0.493 e. The summed E-state index contributed by atoms with van der Waals surface area (Å²) < 4.78 is 27.6. The van der Waals surface area contributed by atoms with Crippen molar-refractivity contribution < 1.29 is 23.0 Å². The summed E-state index contributed by atoms with van der Waals surface area (Å²) in [6, 6.07) is 4.87. The topological polar surface area (TPSA) is 93.5 Å². The summed E-state index contributed by atoms with van der Waals surface area (Å²) in [5.41, 5.74) is 8.77. The van der Waals surface area contributed by atoms with E-state index in [0.29, 0.717) is 17.1 Å². The Morgan fingerprint density at radius 3 is 2.90 bits per heavy atom. The van der Waals surface area contributed by atoms with Crippen LogP contribution < -0.4 is 9.47 Å². The normalized spacial score (nSPS) is 11.2. The maximum absolute atomic E-state index is 12.6. The average Bonchev–Trinajstić information content (AvgIpc) is 2.43. The second-order valence-electron chi connectivity index (χ2n) is 3.70. The first-order valence-corrected chi connectivity index (χ1v) is 8.55. The second-order valence-corrected chi connectivity index (χ2v) is 5.64. The van der Waals surface area contributed by atoms with Crippen molar-refractivity contribution in [1.82, 2.24) is 0 Å². The van der Waals surface area contributed by atoms with Crippen molar-refractivity contribution in [2.24, 2.45) is 5.11 Å². The third-order valence-electron chi connectivity index (χ3n) is 2.28. The number of halogens is 1. The number of methoxy groups -OCH3 is 1. The van der Waals surface area contributed by atoms with E-state index in [4.69, 9.17) is 15.0 Å². The van der Waals surface area contributed by atoms with Crippen molar-refractivity contribution in [1.29, 1.82) is 0 Å². The molecule has 0 aliphatic carbocycles. The molecule has 1 rings (SSSR count). The van der Waals surface area contributed by atoms with E-state index in [1.807, 2.05) is 0 Å². The summed E-state index contributed by atoms with van der Waals surface area (Å²) >= 11 is 0. The van der Waals surface area contributed by atoms with Crippen molar-refractivity contribution in [3.8, 4) is 11.5 Å². The highest BCUT2D eigenvalue weighted by molar-refractivity contribution is 8.08. The molecule has 0 spiro atoms. The maximum atomic E-state index is 12.6. The molecule has 0 fully saturated rings. The highest BCUT2D eigenvalue weighted by Crippen LogP contribution is 2.47. The molecule has 0 saturated heterocycles. The average molecular weight is 333 g/mol. The van der Waals surface area contributed by atoms with Crippen LogP contribution in [0.1, 0.15) is 5.56 Å². The minimum Gasteiger partial charge on any atom is -0.493 e. The lowest BCUT2D eigenvalue weighted by Gasteiger charge is -2.11. The zero-order valence-corrected chi connectivity index (χ0v) is 13.3. The molecule has 0 saturated carbocycles. The number of rotatable bonds is 8. The Morgan fingerprint density at radius 1 is 1.52 bits per heavy atom. The lowest BCUT2D eigenvalue weighted by Crippen LogP contribution is -2.05. The molecule has 0 aliphatic rings. The molecule has 0 heterocycles. The fourth-order valence-corrected chi connectivity index (χ4v) is 2.09. The van der Waals surface area contributed by atoms with Crippen molar-refractivity contribution in [2.45, 2.75) is 6.42 Å². The molecular formula is C11H14FN3O4P2. The van der Waals surface area contributed by atoms with Crippen molar-refractivity contribution in [3.63, 3.8) is 0 Å². The standard InChI is InChI=1S/C11H14FN3O4P2/c1-17-10-6-8(7-11(16)19-21(12)20)2-3-9(10)18-5-4-14-15-13/h2-3,6H,4-5,7,20H2,1H3. The Kier molecular flexibility index (Phi) is 7.76. The first-order valence-electron chi connectivity index (χ1n) is 5.78. The molecule has 114 valence electrons. The van der Waals surface area contributed by atoms with Gasteiger partial charge in [0, 0.05) is 4.91 Å². The predicted molar refractivity (Wildman–Crippen MR) is 80.0 cm³/mol. The highest BCUT2D eigenvalue weighted by atomic mass is 32.0. The summed E-state index contributed by atoms with van der Waals surface area (Å²) in [6.07, 6.45) is -0.0630. The van der Waals surface area contributed by atoms with Crippen LogP contribution in [0.4, 0.5) is 4.20 Å². The van der Waals surface area contributed by atoms with Crippen molar-refractivity contribution in [2.75, 3.05) is 20.3 Å². The summed E-state index contributed by atoms with van der Waals surface area (Å²) in [4.78, 5) is 14.0. The summed E-state index contributed by atoms with van der Waals surface area (Å²) in [5.74, 6) is 0.230. The number of azide groups is 1. The second kappa shape index (κ2) is 9.35. The van der Waals surface area contributed by atoms with Gasteiger partial charge in [-0.25, -0.2) is 0 Å². The van der Waals surface area contributed by atoms with E-state index < -0.39 is 14.1 Å². The molecule has 0 radical (unpaired) electrons. The van der Waals surface area contributed by atoms with Crippen molar-refractivity contribution >= 4 is 23.0 Å². The molecule has 0 aliphatic heterocycles. The number of hydrogen-bond donors (Lipinski definition) is 0. The number of ether oxygens (including phenoxy) is 2. The van der Waals surface area contributed by atoms with Gasteiger partial charge in [0.1, 0.15) is 0 Å². The smallest absolute Gasteiger partial charge is 0.315 e. The predicted octanol–water partition coefficient (Wildman–Crippen LogP) is 3.54. The molecule has 0 aromatic heterocycles. The highest BCUT2D eigenvalue weighted by Gasteiger charge is 2.12. The van der Waals surface area contributed by atoms with E-state index in [-0.39, 0.29) is 19.6 Å². The molecule has 2 unspecified atom stereocenters. The molecular weight excluding hydrogens is 319 g/mol. The first kappa shape index (κ1) is 17.4. The van der Waals surface area contributed by atoms with E-state index >= 15 is 0 Å². The number of carbonyl (C=O) groups is 1. The fourth-order valence-electron chi connectivity index (χ4n) is 1.48. The Balaban J connectivity index is 2.69. The maximum Gasteiger partial charge on any atom is 0.315 e. The van der Waals surface area contributed by atoms with Gasteiger partial charge in [0.2, 0.25) is 0 Å². The van der Waals surface area contributed by atoms with Gasteiger partial charge in [0.25, 0.3) is 8.15 Å². The zero-order chi connectivity index (χ0) is 15.7. The summed E-state index contributed by atoms with van der Waals surface area (Å²) in [5, 5.41) is 3.34. The number of carbonyl (C=O) groups excluding carboxylic acids is 1. The lowest BCUT2D eigenvalue weighted by atomic mass is 10.1. The molecule has 0 bridgehead atoms. The lowest BCUT2D eigenvalue weighted by molar-refractivity contribution is -0.133. The van der Waals surface area contributed by atoms with Gasteiger partial charge in [-0.05, 0) is 32.2 Å². The third kappa shape index (κ3) is 6.58. The monoisotopic (exact) mass is 333 g/mol. The van der Waals surface area contributed by atoms with Crippen LogP contribution >= 0.6 is 17.1 Å². The van der Waals surface area contributed by atoms with Gasteiger partial charge >= 0.3 is 5.97 Å². The molecule has 7 nitrogen and oxygen atoms in total. The van der Waals surface area contributed by atoms with Gasteiger partial charge < -0.3 is 14.0 Å². The van der Waals surface area contributed by atoms with Crippen LogP contribution in [0.25, 0.3) is 10.4 Å². The Bertz CT molecular complexity index is 538. The van der Waals surface area contributed by atoms with E-state index in [0.717, 1.165) is 0 Å². The molecule has 21 heavy (non-hydrogen) atoms. The van der Waals surface area contributed by atoms with Crippen molar-refractivity contribution in [3.05, 3.63) is 34.2 Å². The molecule has 0 N–H and O–H groups in total. The van der Waals surface area contributed by atoms with Crippen LogP contribution in [0.15, 0.2) is 23.3 Å². The SMILES string of the molecule is COc1cc(CC(=O)OP(F)P)ccc1OCCN=[N+]=[N-]. The molecule has 2 atom stereocenters. The minimum absolute atomic E-state index is 0.0630. The van der Waals surface area contributed by atoms with Crippen LogP contribution in [0.5, 0.6) is 11.5 Å². The van der Waals surface area contributed by atoms with Crippen LogP contribution in [0, 0.1) is 0 Å². The van der Waals surface area contributed by atoms with E-state index in [9.17, 15) is 8.99 Å². The van der Waals surface area contributed by atoms with Gasteiger partial charge in [0.15, 0.2) is 11.5 Å². The summed E-state index contributed by atoms with van der Waals surface area (Å²) in [7, 11) is 0.965. The van der Waals surface area contributed by atoms with Gasteiger partial charge in [-0.3, -0.25) is 4.79 Å². The fraction of sp³-hybridized carbons (Fsp3) is 0.364. The third-order valence-corrected chi connectivity index (χ3v) is 2.97. The van der Waals surface area contributed by atoms with Crippen LogP contribution in [-0.2, 0) is 15.7 Å². The number of nitrogens with zero attached hydrogens (tertiary/aromatic N) is 3. The molecule has 1 aromatic carbocycles. The zero-order valence-electron chi connectivity index (χ0n) is 11.2. The number of hydrogen-bond acceptors (Lipinski definition) is 5. The van der Waals surface area contributed by atoms with Crippen LogP contribution in [0.3, 0.4) is 0 Å². The van der Waals surface area contributed by atoms with E-state index in [1.165, 1.54) is 7.11 Å². The van der Waals surface area contributed by atoms with Gasteiger partial charge in [0.05, 0.1) is 26.7 Å². The van der Waals surface area contributed by atoms with Gasteiger partial charge in [-0.15, -0.1) is 0 Å². The first-order chi connectivity index (χ1) is 10.1. The van der Waals surface area contributed by atoms with E-state index in [1.54, 1.807) is 27.1 Å². The molecule has 10 heteroatoms. The molecule has 0 amide bonds.